The number of aromatic nitrogens is 1. The number of pyridine rings is 1. The van der Waals surface area contributed by atoms with Crippen LogP contribution in [-0.2, 0) is 4.79 Å². The quantitative estimate of drug-likeness (QED) is 0.500. The van der Waals surface area contributed by atoms with Crippen LogP contribution in [0.5, 0.6) is 0 Å². The summed E-state index contributed by atoms with van der Waals surface area (Å²) in [4.78, 5) is 16.4. The second-order valence-electron chi connectivity index (χ2n) is 5.28. The SMILES string of the molecule is NC(=O)C(Nc1c(Cl)cccc1Cl)c1cc2cc(Br)ccc2nc1Cl. The molecule has 128 valence electrons. The van der Waals surface area contributed by atoms with Gasteiger partial charge in [0, 0.05) is 15.4 Å². The molecule has 3 rings (SSSR count). The lowest BCUT2D eigenvalue weighted by Crippen LogP contribution is -2.28. The predicted molar refractivity (Wildman–Crippen MR) is 106 cm³/mol. The number of nitrogens with two attached hydrogens (primary N) is 1. The Balaban J connectivity index is 2.11. The minimum atomic E-state index is -0.944. The molecule has 0 saturated heterocycles. The first kappa shape index (κ1) is 18.3. The van der Waals surface area contributed by atoms with E-state index >= 15 is 0 Å². The normalized spacial score (nSPS) is 12.2. The van der Waals surface area contributed by atoms with Gasteiger partial charge in [0.25, 0.3) is 0 Å². The summed E-state index contributed by atoms with van der Waals surface area (Å²) in [6, 6.07) is 11.4. The molecule has 0 aliphatic rings. The number of benzene rings is 2. The van der Waals surface area contributed by atoms with Gasteiger partial charge in [-0.25, -0.2) is 4.98 Å². The summed E-state index contributed by atoms with van der Waals surface area (Å²) < 4.78 is 0.882. The third kappa shape index (κ3) is 3.85. The maximum absolute atomic E-state index is 12.1. The molecule has 2 aromatic carbocycles. The van der Waals surface area contributed by atoms with E-state index in [4.69, 9.17) is 40.5 Å². The van der Waals surface area contributed by atoms with Crippen LogP contribution >= 0.6 is 50.7 Å². The smallest absolute Gasteiger partial charge is 0.244 e. The topological polar surface area (TPSA) is 68.0 Å². The molecule has 0 bridgehead atoms. The van der Waals surface area contributed by atoms with Gasteiger partial charge in [0.05, 0.1) is 21.2 Å². The minimum Gasteiger partial charge on any atom is -0.368 e. The summed E-state index contributed by atoms with van der Waals surface area (Å²) in [6.45, 7) is 0. The number of para-hydroxylation sites is 1. The number of halogens is 4. The van der Waals surface area contributed by atoms with Gasteiger partial charge in [-0.05, 0) is 36.4 Å². The summed E-state index contributed by atoms with van der Waals surface area (Å²) in [5.41, 5.74) is 7.12. The van der Waals surface area contributed by atoms with Gasteiger partial charge >= 0.3 is 0 Å². The van der Waals surface area contributed by atoms with E-state index in [9.17, 15) is 4.79 Å². The Labute approximate surface area is 167 Å². The lowest BCUT2D eigenvalue weighted by Gasteiger charge is -2.20. The van der Waals surface area contributed by atoms with Gasteiger partial charge in [-0.3, -0.25) is 4.79 Å². The highest BCUT2D eigenvalue weighted by Crippen LogP contribution is 2.35. The van der Waals surface area contributed by atoms with Crippen LogP contribution in [0.2, 0.25) is 15.2 Å². The summed E-state index contributed by atoms with van der Waals surface area (Å²) >= 11 is 22.0. The molecule has 0 aliphatic heterocycles. The highest BCUT2D eigenvalue weighted by molar-refractivity contribution is 9.10. The Morgan fingerprint density at radius 2 is 1.80 bits per heavy atom. The van der Waals surface area contributed by atoms with Gasteiger partial charge in [0.1, 0.15) is 11.2 Å². The fourth-order valence-electron chi connectivity index (χ4n) is 2.42. The van der Waals surface area contributed by atoms with Crippen molar-refractivity contribution in [1.29, 1.82) is 0 Å². The lowest BCUT2D eigenvalue weighted by atomic mass is 10.1. The number of hydrogen-bond donors (Lipinski definition) is 2. The van der Waals surface area contributed by atoms with Crippen molar-refractivity contribution in [2.45, 2.75) is 6.04 Å². The largest absolute Gasteiger partial charge is 0.368 e. The van der Waals surface area contributed by atoms with Crippen molar-refractivity contribution in [2.24, 2.45) is 5.73 Å². The van der Waals surface area contributed by atoms with Crippen molar-refractivity contribution < 1.29 is 4.79 Å². The van der Waals surface area contributed by atoms with Gasteiger partial charge in [-0.1, -0.05) is 56.8 Å². The molecule has 8 heteroatoms. The second kappa shape index (κ2) is 7.38. The molecule has 3 aromatic rings. The number of hydrogen-bond acceptors (Lipinski definition) is 3. The molecule has 1 aromatic heterocycles. The zero-order chi connectivity index (χ0) is 18.1. The van der Waals surface area contributed by atoms with Gasteiger partial charge in [-0.15, -0.1) is 0 Å². The predicted octanol–water partition coefficient (Wildman–Crippen LogP) is 5.60. The lowest BCUT2D eigenvalue weighted by molar-refractivity contribution is -0.118. The zero-order valence-corrected chi connectivity index (χ0v) is 16.4. The van der Waals surface area contributed by atoms with Crippen molar-refractivity contribution in [2.75, 3.05) is 5.32 Å². The average molecular weight is 460 g/mol. The van der Waals surface area contributed by atoms with Crippen molar-refractivity contribution in [3.63, 3.8) is 0 Å². The third-order valence-corrected chi connectivity index (χ3v) is 5.03. The summed E-state index contributed by atoms with van der Waals surface area (Å²) in [7, 11) is 0. The molecule has 1 heterocycles. The molecule has 1 unspecified atom stereocenters. The Morgan fingerprint density at radius 3 is 2.44 bits per heavy atom. The van der Waals surface area contributed by atoms with E-state index in [1.807, 2.05) is 18.2 Å². The molecule has 0 aliphatic carbocycles. The van der Waals surface area contributed by atoms with Crippen LogP contribution in [0, 0.1) is 0 Å². The second-order valence-corrected chi connectivity index (χ2v) is 7.37. The number of amides is 1. The molecule has 1 amide bonds. The highest BCUT2D eigenvalue weighted by atomic mass is 79.9. The van der Waals surface area contributed by atoms with E-state index < -0.39 is 11.9 Å². The molecule has 3 N–H and O–H groups in total. The maximum Gasteiger partial charge on any atom is 0.244 e. The number of fused-ring (bicyclic) bond motifs is 1. The summed E-state index contributed by atoms with van der Waals surface area (Å²) in [6.07, 6.45) is 0. The Kier molecular flexibility index (Phi) is 5.39. The number of primary amides is 1. The van der Waals surface area contributed by atoms with E-state index in [-0.39, 0.29) is 5.15 Å². The summed E-state index contributed by atoms with van der Waals surface area (Å²) in [5, 5.41) is 4.70. The monoisotopic (exact) mass is 457 g/mol. The van der Waals surface area contributed by atoms with Crippen molar-refractivity contribution in [3.8, 4) is 0 Å². The fraction of sp³-hybridized carbons (Fsp3) is 0.0588. The van der Waals surface area contributed by atoms with Crippen LogP contribution in [0.25, 0.3) is 10.9 Å². The van der Waals surface area contributed by atoms with Crippen LogP contribution in [0.15, 0.2) is 46.9 Å². The Morgan fingerprint density at radius 1 is 1.12 bits per heavy atom. The minimum absolute atomic E-state index is 0.175. The average Bonchev–Trinajstić information content (AvgIpc) is 2.54. The molecular formula is C17H11BrCl3N3O. The number of rotatable bonds is 4. The molecule has 0 fully saturated rings. The first-order valence-corrected chi connectivity index (χ1v) is 9.05. The number of anilines is 1. The van der Waals surface area contributed by atoms with E-state index in [0.717, 1.165) is 9.86 Å². The molecule has 0 radical (unpaired) electrons. The molecule has 4 nitrogen and oxygen atoms in total. The van der Waals surface area contributed by atoms with Crippen LogP contribution in [0.4, 0.5) is 5.69 Å². The van der Waals surface area contributed by atoms with E-state index in [1.165, 1.54) is 0 Å². The number of nitrogens with one attached hydrogen (secondary N) is 1. The molecular weight excluding hydrogens is 448 g/mol. The highest BCUT2D eigenvalue weighted by Gasteiger charge is 2.24. The molecule has 0 spiro atoms. The Hall–Kier alpha value is -1.53. The standard InChI is InChI=1S/C17H11BrCl3N3O/c18-9-4-5-13-8(6-9)7-10(16(21)23-13)14(17(22)25)24-15-11(19)2-1-3-12(15)20/h1-7,14,24H,(H2,22,25). The van der Waals surface area contributed by atoms with Crippen LogP contribution in [-0.4, -0.2) is 10.9 Å². The van der Waals surface area contributed by atoms with Crippen LogP contribution < -0.4 is 11.1 Å². The van der Waals surface area contributed by atoms with E-state index in [1.54, 1.807) is 24.3 Å². The third-order valence-electron chi connectivity index (χ3n) is 3.60. The number of carbonyl (C=O) groups excluding carboxylic acids is 1. The fourth-order valence-corrected chi connectivity index (χ4v) is 3.56. The summed E-state index contributed by atoms with van der Waals surface area (Å²) in [5.74, 6) is -0.631. The van der Waals surface area contributed by atoms with Crippen molar-refractivity contribution >= 4 is 73.2 Å². The van der Waals surface area contributed by atoms with Gasteiger partial charge in [0.2, 0.25) is 5.91 Å². The molecule has 25 heavy (non-hydrogen) atoms. The number of carbonyl (C=O) groups is 1. The first-order chi connectivity index (χ1) is 11.9. The van der Waals surface area contributed by atoms with E-state index in [2.05, 4.69) is 26.2 Å². The Bertz CT molecular complexity index is 961. The van der Waals surface area contributed by atoms with Gasteiger partial charge in [0.15, 0.2) is 0 Å². The van der Waals surface area contributed by atoms with Crippen molar-refractivity contribution in [1.82, 2.24) is 4.98 Å². The van der Waals surface area contributed by atoms with Crippen LogP contribution in [0.1, 0.15) is 11.6 Å². The van der Waals surface area contributed by atoms with E-state index in [0.29, 0.717) is 26.8 Å². The maximum atomic E-state index is 12.1. The molecule has 0 saturated carbocycles. The zero-order valence-electron chi connectivity index (χ0n) is 12.6. The number of nitrogens with zero attached hydrogens (tertiary/aromatic N) is 1. The first-order valence-electron chi connectivity index (χ1n) is 7.12. The van der Waals surface area contributed by atoms with Gasteiger partial charge in [-0.2, -0.15) is 0 Å². The van der Waals surface area contributed by atoms with Gasteiger partial charge < -0.3 is 11.1 Å². The molecule has 1 atom stereocenters. The van der Waals surface area contributed by atoms with Crippen molar-refractivity contribution in [3.05, 3.63) is 67.7 Å². The van der Waals surface area contributed by atoms with Crippen LogP contribution in [0.3, 0.4) is 0 Å².